The topological polar surface area (TPSA) is 80.9 Å². The summed E-state index contributed by atoms with van der Waals surface area (Å²) < 4.78 is 0. The number of amides is 1. The van der Waals surface area contributed by atoms with Crippen molar-refractivity contribution in [2.24, 2.45) is 5.73 Å². The second-order valence-electron chi connectivity index (χ2n) is 4.14. The second-order valence-corrected chi connectivity index (χ2v) is 4.14. The van der Waals surface area contributed by atoms with E-state index in [1.54, 1.807) is 13.0 Å². The van der Waals surface area contributed by atoms with Gasteiger partial charge in [0.15, 0.2) is 0 Å². The third-order valence-corrected chi connectivity index (χ3v) is 2.69. The standard InChI is InChI=1S/C12H20N4O/c1-4-10(5-6-13)14-12(17)11-7-8(2)15-16-9(11)3/h7,10H,4-6,13H2,1-3H3,(H,14,17). The third kappa shape index (κ3) is 3.78. The largest absolute Gasteiger partial charge is 0.349 e. The molecule has 1 unspecified atom stereocenters. The number of nitrogens with one attached hydrogen (secondary N) is 1. The highest BCUT2D eigenvalue weighted by molar-refractivity contribution is 5.95. The Labute approximate surface area is 102 Å². The maximum Gasteiger partial charge on any atom is 0.253 e. The summed E-state index contributed by atoms with van der Waals surface area (Å²) in [6, 6.07) is 1.88. The summed E-state index contributed by atoms with van der Waals surface area (Å²) in [5.41, 5.74) is 7.48. The first-order chi connectivity index (χ1) is 8.08. The first kappa shape index (κ1) is 13.6. The van der Waals surface area contributed by atoms with Crippen molar-refractivity contribution in [3.63, 3.8) is 0 Å². The van der Waals surface area contributed by atoms with E-state index in [1.807, 2.05) is 13.8 Å². The van der Waals surface area contributed by atoms with E-state index in [0.29, 0.717) is 17.8 Å². The smallest absolute Gasteiger partial charge is 0.253 e. The lowest BCUT2D eigenvalue weighted by molar-refractivity contribution is 0.0933. The number of carbonyl (C=O) groups excluding carboxylic acids is 1. The van der Waals surface area contributed by atoms with Crippen molar-refractivity contribution < 1.29 is 4.79 Å². The molecule has 0 radical (unpaired) electrons. The predicted molar refractivity (Wildman–Crippen MR) is 66.7 cm³/mol. The zero-order valence-electron chi connectivity index (χ0n) is 10.7. The monoisotopic (exact) mass is 236 g/mol. The summed E-state index contributed by atoms with van der Waals surface area (Å²) in [5, 5.41) is 10.8. The van der Waals surface area contributed by atoms with Gasteiger partial charge in [-0.25, -0.2) is 0 Å². The van der Waals surface area contributed by atoms with E-state index >= 15 is 0 Å². The fourth-order valence-corrected chi connectivity index (χ4v) is 1.62. The molecule has 0 aliphatic carbocycles. The molecule has 1 aromatic heterocycles. The highest BCUT2D eigenvalue weighted by atomic mass is 16.1. The molecule has 3 N–H and O–H groups in total. The molecular weight excluding hydrogens is 216 g/mol. The molecule has 94 valence electrons. The van der Waals surface area contributed by atoms with E-state index < -0.39 is 0 Å². The van der Waals surface area contributed by atoms with Gasteiger partial charge in [-0.05, 0) is 39.3 Å². The number of hydrogen-bond donors (Lipinski definition) is 2. The van der Waals surface area contributed by atoms with Crippen LogP contribution in [0.5, 0.6) is 0 Å². The number of hydrogen-bond acceptors (Lipinski definition) is 4. The van der Waals surface area contributed by atoms with Crippen LogP contribution in [-0.2, 0) is 0 Å². The molecule has 5 nitrogen and oxygen atoms in total. The van der Waals surface area contributed by atoms with E-state index in [4.69, 9.17) is 5.73 Å². The lowest BCUT2D eigenvalue weighted by Crippen LogP contribution is -2.36. The van der Waals surface area contributed by atoms with Gasteiger partial charge in [0, 0.05) is 6.04 Å². The van der Waals surface area contributed by atoms with Gasteiger partial charge in [0.25, 0.3) is 5.91 Å². The summed E-state index contributed by atoms with van der Waals surface area (Å²) in [6.45, 7) is 6.21. The van der Waals surface area contributed by atoms with Crippen LogP contribution in [-0.4, -0.2) is 28.7 Å². The maximum absolute atomic E-state index is 12.0. The van der Waals surface area contributed by atoms with Gasteiger partial charge in [0.1, 0.15) is 0 Å². The van der Waals surface area contributed by atoms with E-state index in [9.17, 15) is 4.79 Å². The molecule has 5 heteroatoms. The Balaban J connectivity index is 2.78. The van der Waals surface area contributed by atoms with E-state index in [-0.39, 0.29) is 11.9 Å². The van der Waals surface area contributed by atoms with Gasteiger partial charge in [-0.3, -0.25) is 4.79 Å². The number of aromatic nitrogens is 2. The van der Waals surface area contributed by atoms with Crippen LogP contribution in [0.3, 0.4) is 0 Å². The Morgan fingerprint density at radius 1 is 1.47 bits per heavy atom. The Morgan fingerprint density at radius 3 is 2.76 bits per heavy atom. The Kier molecular flexibility index (Phi) is 5.03. The number of carbonyl (C=O) groups is 1. The van der Waals surface area contributed by atoms with Gasteiger partial charge in [-0.15, -0.1) is 0 Å². The molecule has 0 aliphatic heterocycles. The summed E-state index contributed by atoms with van der Waals surface area (Å²) in [5.74, 6) is -0.0965. The minimum Gasteiger partial charge on any atom is -0.349 e. The number of rotatable bonds is 5. The Morgan fingerprint density at radius 2 is 2.18 bits per heavy atom. The molecule has 0 saturated carbocycles. The molecule has 0 aromatic carbocycles. The number of aryl methyl sites for hydroxylation is 2. The van der Waals surface area contributed by atoms with Crippen LogP contribution in [0.25, 0.3) is 0 Å². The normalized spacial score (nSPS) is 12.2. The zero-order valence-corrected chi connectivity index (χ0v) is 10.7. The molecule has 17 heavy (non-hydrogen) atoms. The van der Waals surface area contributed by atoms with Crippen LogP contribution >= 0.6 is 0 Å². The van der Waals surface area contributed by atoms with Gasteiger partial charge in [0.2, 0.25) is 0 Å². The molecule has 0 fully saturated rings. The first-order valence-electron chi connectivity index (χ1n) is 5.90. The molecule has 1 rings (SSSR count). The second kappa shape index (κ2) is 6.30. The zero-order chi connectivity index (χ0) is 12.8. The van der Waals surface area contributed by atoms with Crippen molar-refractivity contribution in [1.29, 1.82) is 0 Å². The average Bonchev–Trinajstić information content (AvgIpc) is 2.31. The summed E-state index contributed by atoms with van der Waals surface area (Å²) in [4.78, 5) is 12.0. The minimum atomic E-state index is -0.0965. The molecule has 1 atom stereocenters. The quantitative estimate of drug-likeness (QED) is 0.797. The molecule has 0 spiro atoms. The molecule has 1 heterocycles. The summed E-state index contributed by atoms with van der Waals surface area (Å²) >= 11 is 0. The minimum absolute atomic E-state index is 0.0965. The summed E-state index contributed by atoms with van der Waals surface area (Å²) in [7, 11) is 0. The van der Waals surface area contributed by atoms with Crippen LogP contribution in [0.4, 0.5) is 0 Å². The fraction of sp³-hybridized carbons (Fsp3) is 0.583. The highest BCUT2D eigenvalue weighted by Crippen LogP contribution is 2.06. The lowest BCUT2D eigenvalue weighted by atomic mass is 10.1. The fourth-order valence-electron chi connectivity index (χ4n) is 1.62. The number of nitrogens with two attached hydrogens (primary N) is 1. The van der Waals surface area contributed by atoms with Crippen molar-refractivity contribution in [3.8, 4) is 0 Å². The average molecular weight is 236 g/mol. The van der Waals surface area contributed by atoms with Crippen molar-refractivity contribution >= 4 is 5.91 Å². The predicted octanol–water partition coefficient (Wildman–Crippen LogP) is 0.951. The SMILES string of the molecule is CCC(CCN)NC(=O)c1cc(C)nnc1C. The van der Waals surface area contributed by atoms with Crippen molar-refractivity contribution in [2.45, 2.75) is 39.7 Å². The Hall–Kier alpha value is -1.49. The Bertz CT molecular complexity index is 392. The van der Waals surface area contributed by atoms with E-state index in [2.05, 4.69) is 15.5 Å². The highest BCUT2D eigenvalue weighted by Gasteiger charge is 2.14. The van der Waals surface area contributed by atoms with E-state index in [0.717, 1.165) is 18.5 Å². The van der Waals surface area contributed by atoms with Gasteiger partial charge in [-0.1, -0.05) is 6.92 Å². The van der Waals surface area contributed by atoms with E-state index in [1.165, 1.54) is 0 Å². The van der Waals surface area contributed by atoms with Crippen molar-refractivity contribution in [1.82, 2.24) is 15.5 Å². The molecule has 1 aromatic rings. The third-order valence-electron chi connectivity index (χ3n) is 2.69. The van der Waals surface area contributed by atoms with Gasteiger partial charge in [-0.2, -0.15) is 10.2 Å². The van der Waals surface area contributed by atoms with Crippen molar-refractivity contribution in [3.05, 3.63) is 23.0 Å². The molecule has 0 bridgehead atoms. The molecule has 0 saturated heterocycles. The van der Waals surface area contributed by atoms with Crippen molar-refractivity contribution in [2.75, 3.05) is 6.54 Å². The van der Waals surface area contributed by atoms with Crippen LogP contribution in [0.15, 0.2) is 6.07 Å². The molecule has 1 amide bonds. The molecular formula is C12H20N4O. The number of nitrogens with zero attached hydrogens (tertiary/aromatic N) is 2. The lowest BCUT2D eigenvalue weighted by Gasteiger charge is -2.16. The van der Waals surface area contributed by atoms with Gasteiger partial charge in [0.05, 0.1) is 17.0 Å². The van der Waals surface area contributed by atoms with Crippen LogP contribution in [0, 0.1) is 13.8 Å². The first-order valence-corrected chi connectivity index (χ1v) is 5.90. The van der Waals surface area contributed by atoms with Gasteiger partial charge < -0.3 is 11.1 Å². The van der Waals surface area contributed by atoms with Crippen LogP contribution in [0.2, 0.25) is 0 Å². The van der Waals surface area contributed by atoms with Crippen LogP contribution in [0.1, 0.15) is 41.5 Å². The maximum atomic E-state index is 12.0. The summed E-state index contributed by atoms with van der Waals surface area (Å²) in [6.07, 6.45) is 1.66. The van der Waals surface area contributed by atoms with Crippen LogP contribution < -0.4 is 11.1 Å². The molecule has 0 aliphatic rings. The van der Waals surface area contributed by atoms with Gasteiger partial charge >= 0.3 is 0 Å².